The highest BCUT2D eigenvalue weighted by Crippen LogP contribution is 2.48. The minimum atomic E-state index is -3.49. The fourth-order valence-corrected chi connectivity index (χ4v) is 5.86. The molecule has 0 aliphatic rings. The van der Waals surface area contributed by atoms with Gasteiger partial charge in [-0.3, -0.25) is 9.36 Å². The van der Waals surface area contributed by atoms with Gasteiger partial charge in [0.2, 0.25) is 7.37 Å². The molecule has 23 heavy (non-hydrogen) atoms. The second-order valence-corrected chi connectivity index (χ2v) is 9.42. The Morgan fingerprint density at radius 1 is 1.22 bits per heavy atom. The predicted octanol–water partition coefficient (Wildman–Crippen LogP) is 4.66. The number of carbonyl (C=O) groups is 1. The summed E-state index contributed by atoms with van der Waals surface area (Å²) >= 11 is 1.32. The van der Waals surface area contributed by atoms with Gasteiger partial charge in [-0.25, -0.2) is 0 Å². The molecular formula is C17H21O4PS. The normalized spacial score (nSPS) is 15.2. The molecule has 2 unspecified atom stereocenters. The number of hydrogen-bond donors (Lipinski definition) is 2. The first-order chi connectivity index (χ1) is 10.9. The van der Waals surface area contributed by atoms with Gasteiger partial charge < -0.3 is 10.00 Å². The Balaban J connectivity index is 2.08. The van der Waals surface area contributed by atoms with Crippen molar-refractivity contribution in [3.05, 3.63) is 42.5 Å². The smallest absolute Gasteiger partial charge is 0.307 e. The largest absolute Gasteiger partial charge is 0.481 e. The maximum absolute atomic E-state index is 12.4. The average molecular weight is 352 g/mol. The monoisotopic (exact) mass is 352 g/mol. The van der Waals surface area contributed by atoms with E-state index in [4.69, 9.17) is 5.11 Å². The topological polar surface area (TPSA) is 74.6 Å². The van der Waals surface area contributed by atoms with Crippen LogP contribution < -0.4 is 0 Å². The molecule has 0 amide bonds. The van der Waals surface area contributed by atoms with E-state index in [-0.39, 0.29) is 11.7 Å². The number of aliphatic carboxylic acids is 1. The second-order valence-electron chi connectivity index (χ2n) is 5.60. The molecule has 0 aromatic heterocycles. The number of thioether (sulfide) groups is 1. The molecule has 0 radical (unpaired) electrons. The summed E-state index contributed by atoms with van der Waals surface area (Å²) in [5.74, 6) is -1.74. The van der Waals surface area contributed by atoms with Crippen LogP contribution in [0.2, 0.25) is 0 Å². The number of carboxylic acid groups (broad SMARTS) is 1. The third-order valence-electron chi connectivity index (χ3n) is 3.66. The summed E-state index contributed by atoms with van der Waals surface area (Å²) in [6, 6.07) is 13.7. The molecule has 0 aliphatic carbocycles. The van der Waals surface area contributed by atoms with E-state index in [9.17, 15) is 14.3 Å². The van der Waals surface area contributed by atoms with Crippen LogP contribution in [0.4, 0.5) is 0 Å². The molecule has 2 atom stereocenters. The van der Waals surface area contributed by atoms with E-state index < -0.39 is 19.3 Å². The van der Waals surface area contributed by atoms with Crippen LogP contribution in [-0.4, -0.2) is 27.6 Å². The zero-order valence-corrected chi connectivity index (χ0v) is 14.7. The molecule has 0 spiro atoms. The molecule has 2 rings (SSSR count). The number of fused-ring (bicyclic) bond motifs is 1. The van der Waals surface area contributed by atoms with Gasteiger partial charge in [-0.05, 0) is 23.3 Å². The van der Waals surface area contributed by atoms with Crippen LogP contribution in [0.3, 0.4) is 0 Å². The molecule has 0 fully saturated rings. The van der Waals surface area contributed by atoms with Crippen molar-refractivity contribution >= 4 is 35.9 Å². The summed E-state index contributed by atoms with van der Waals surface area (Å²) in [6.45, 7) is 1.88. The van der Waals surface area contributed by atoms with Crippen LogP contribution in [-0.2, 0) is 9.36 Å². The molecule has 0 aliphatic heterocycles. The summed E-state index contributed by atoms with van der Waals surface area (Å²) in [5, 5.41) is 11.3. The minimum Gasteiger partial charge on any atom is -0.481 e. The van der Waals surface area contributed by atoms with Gasteiger partial charge in [0.25, 0.3) is 0 Å². The van der Waals surface area contributed by atoms with E-state index in [2.05, 4.69) is 0 Å². The molecule has 6 heteroatoms. The Hall–Kier alpha value is -1.29. The maximum Gasteiger partial charge on any atom is 0.307 e. The lowest BCUT2D eigenvalue weighted by atomic mass is 10.1. The molecule has 2 aromatic carbocycles. The first-order valence-electron chi connectivity index (χ1n) is 7.57. The van der Waals surface area contributed by atoms with Crippen LogP contribution >= 0.6 is 19.1 Å². The van der Waals surface area contributed by atoms with Crippen LogP contribution in [0.1, 0.15) is 19.8 Å². The van der Waals surface area contributed by atoms with Crippen molar-refractivity contribution in [3.63, 3.8) is 0 Å². The van der Waals surface area contributed by atoms with Crippen LogP contribution in [0.25, 0.3) is 10.8 Å². The SMILES string of the molecule is CCCC(CP(=O)(O)CSc1cccc2ccccc12)C(=O)O. The number of rotatable bonds is 8. The van der Waals surface area contributed by atoms with Crippen molar-refractivity contribution in [2.24, 2.45) is 5.92 Å². The van der Waals surface area contributed by atoms with Crippen LogP contribution in [0, 0.1) is 5.92 Å². The van der Waals surface area contributed by atoms with E-state index in [0.717, 1.165) is 15.7 Å². The predicted molar refractivity (Wildman–Crippen MR) is 95.4 cm³/mol. The standard InChI is InChI=1S/C17H21O4PS/c1-2-6-14(17(18)19)11-22(20,21)12-23-16-10-5-8-13-7-3-4-9-15(13)16/h3-5,7-10,14H,2,6,11-12H2,1H3,(H,18,19)(H,20,21). The van der Waals surface area contributed by atoms with Crippen LogP contribution in [0.5, 0.6) is 0 Å². The van der Waals surface area contributed by atoms with Gasteiger partial charge in [0.05, 0.1) is 11.4 Å². The Kier molecular flexibility index (Phi) is 6.28. The molecule has 4 nitrogen and oxygen atoms in total. The zero-order chi connectivity index (χ0) is 16.9. The lowest BCUT2D eigenvalue weighted by Gasteiger charge is -2.17. The molecule has 124 valence electrons. The lowest BCUT2D eigenvalue weighted by Crippen LogP contribution is -2.18. The third kappa shape index (κ3) is 5.10. The van der Waals surface area contributed by atoms with Crippen molar-refractivity contribution in [2.45, 2.75) is 24.7 Å². The van der Waals surface area contributed by atoms with Crippen molar-refractivity contribution in [1.29, 1.82) is 0 Å². The Morgan fingerprint density at radius 2 is 1.91 bits per heavy atom. The van der Waals surface area contributed by atoms with Crippen LogP contribution in [0.15, 0.2) is 47.4 Å². The maximum atomic E-state index is 12.4. The highest BCUT2D eigenvalue weighted by Gasteiger charge is 2.28. The summed E-state index contributed by atoms with van der Waals surface area (Å²) < 4.78 is 12.4. The average Bonchev–Trinajstić information content (AvgIpc) is 2.52. The van der Waals surface area contributed by atoms with Crippen molar-refractivity contribution in [2.75, 3.05) is 11.7 Å². The number of carboxylic acids is 1. The zero-order valence-electron chi connectivity index (χ0n) is 13.0. The van der Waals surface area contributed by atoms with E-state index in [1.54, 1.807) is 0 Å². The van der Waals surface area contributed by atoms with Gasteiger partial charge in [-0.1, -0.05) is 49.7 Å². The molecule has 0 saturated heterocycles. The third-order valence-corrected chi connectivity index (χ3v) is 7.47. The van der Waals surface area contributed by atoms with Gasteiger partial charge in [0, 0.05) is 11.1 Å². The molecule has 2 aromatic rings. The molecular weight excluding hydrogens is 331 g/mol. The van der Waals surface area contributed by atoms with Gasteiger partial charge in [-0.2, -0.15) is 0 Å². The van der Waals surface area contributed by atoms with Gasteiger partial charge in [0.1, 0.15) is 0 Å². The molecule has 0 saturated carbocycles. The fourth-order valence-electron chi connectivity index (χ4n) is 2.53. The quantitative estimate of drug-likeness (QED) is 0.534. The number of benzene rings is 2. The van der Waals surface area contributed by atoms with Gasteiger partial charge in [0.15, 0.2) is 0 Å². The van der Waals surface area contributed by atoms with Crippen molar-refractivity contribution in [1.82, 2.24) is 0 Å². The number of hydrogen-bond acceptors (Lipinski definition) is 3. The van der Waals surface area contributed by atoms with Crippen molar-refractivity contribution < 1.29 is 19.4 Å². The van der Waals surface area contributed by atoms with E-state index in [1.807, 2.05) is 49.4 Å². The summed E-state index contributed by atoms with van der Waals surface area (Å²) in [7, 11) is -3.49. The molecule has 2 N–H and O–H groups in total. The highest BCUT2D eigenvalue weighted by molar-refractivity contribution is 8.05. The Morgan fingerprint density at radius 3 is 2.61 bits per heavy atom. The van der Waals surface area contributed by atoms with Gasteiger partial charge >= 0.3 is 5.97 Å². The highest BCUT2D eigenvalue weighted by atomic mass is 32.2. The van der Waals surface area contributed by atoms with Crippen molar-refractivity contribution in [3.8, 4) is 0 Å². The summed E-state index contributed by atoms with van der Waals surface area (Å²) in [4.78, 5) is 22.3. The first kappa shape index (κ1) is 18.1. The Labute approximate surface area is 140 Å². The second kappa shape index (κ2) is 8.00. The lowest BCUT2D eigenvalue weighted by molar-refractivity contribution is -0.141. The summed E-state index contributed by atoms with van der Waals surface area (Å²) in [6.07, 6.45) is 0.959. The van der Waals surface area contributed by atoms with E-state index in [1.165, 1.54) is 11.8 Å². The minimum absolute atomic E-state index is 0.0362. The summed E-state index contributed by atoms with van der Waals surface area (Å²) in [5.41, 5.74) is 0.0362. The van der Waals surface area contributed by atoms with E-state index >= 15 is 0 Å². The van der Waals surface area contributed by atoms with E-state index in [0.29, 0.717) is 12.8 Å². The Bertz CT molecular complexity index is 726. The fraction of sp³-hybridized carbons (Fsp3) is 0.353. The molecule has 0 heterocycles. The van der Waals surface area contributed by atoms with Gasteiger partial charge in [-0.15, -0.1) is 11.8 Å². The first-order valence-corrected chi connectivity index (χ1v) is 10.6. The molecule has 0 bridgehead atoms.